The Labute approximate surface area is 195 Å². The van der Waals surface area contributed by atoms with Gasteiger partial charge >= 0.3 is 0 Å². The highest BCUT2D eigenvalue weighted by atomic mass is 16.2. The van der Waals surface area contributed by atoms with E-state index in [0.29, 0.717) is 38.4 Å². The maximum Gasteiger partial charge on any atom is 0.274 e. The number of aryl methyl sites for hydroxylation is 1. The number of carbonyl (C=O) groups excluding carboxylic acids is 3. The summed E-state index contributed by atoms with van der Waals surface area (Å²) in [4.78, 5) is 42.1. The average Bonchev–Trinajstić information content (AvgIpc) is 3.13. The highest BCUT2D eigenvalue weighted by Gasteiger charge is 2.28. The first-order valence-corrected chi connectivity index (χ1v) is 11.7. The van der Waals surface area contributed by atoms with Gasteiger partial charge in [0.05, 0.1) is 0 Å². The van der Waals surface area contributed by atoms with Crippen molar-refractivity contribution in [3.05, 3.63) is 53.3 Å². The fraction of sp³-hybridized carbons (Fsp3) is 0.520. The summed E-state index contributed by atoms with van der Waals surface area (Å²) in [6.07, 6.45) is 1.000. The molecule has 0 aliphatic carbocycles. The van der Waals surface area contributed by atoms with Crippen LogP contribution in [0.1, 0.15) is 67.1 Å². The van der Waals surface area contributed by atoms with E-state index in [1.807, 2.05) is 62.9 Å². The molecule has 0 fully saturated rings. The molecule has 0 atom stereocenters. The molecule has 0 bridgehead atoms. The molecular weight excluding hydrogens is 418 g/mol. The van der Waals surface area contributed by atoms with Gasteiger partial charge in [-0.05, 0) is 31.7 Å². The highest BCUT2D eigenvalue weighted by Crippen LogP contribution is 2.18. The van der Waals surface area contributed by atoms with Crippen LogP contribution in [0.4, 0.5) is 0 Å². The Morgan fingerprint density at radius 3 is 2.52 bits per heavy atom. The third kappa shape index (κ3) is 6.66. The van der Waals surface area contributed by atoms with Crippen LogP contribution < -0.4 is 5.32 Å². The largest absolute Gasteiger partial charge is 0.354 e. The molecule has 1 aliphatic heterocycles. The lowest BCUT2D eigenvalue weighted by atomic mass is 10.1. The van der Waals surface area contributed by atoms with Crippen molar-refractivity contribution in [3.63, 3.8) is 0 Å². The summed E-state index contributed by atoms with van der Waals surface area (Å²) in [6.45, 7) is 10.5. The van der Waals surface area contributed by atoms with Gasteiger partial charge in [-0.1, -0.05) is 44.2 Å². The minimum Gasteiger partial charge on any atom is -0.354 e. The van der Waals surface area contributed by atoms with Crippen molar-refractivity contribution in [3.8, 4) is 0 Å². The van der Waals surface area contributed by atoms with Crippen LogP contribution in [-0.2, 0) is 17.9 Å². The third-order valence-electron chi connectivity index (χ3n) is 5.45. The second-order valence-electron chi connectivity index (χ2n) is 9.32. The Morgan fingerprint density at radius 1 is 1.12 bits per heavy atom. The zero-order valence-corrected chi connectivity index (χ0v) is 20.1. The van der Waals surface area contributed by atoms with Crippen LogP contribution in [0.25, 0.3) is 0 Å². The lowest BCUT2D eigenvalue weighted by Crippen LogP contribution is -2.39. The van der Waals surface area contributed by atoms with Crippen molar-refractivity contribution in [2.45, 2.75) is 59.7 Å². The van der Waals surface area contributed by atoms with Crippen LogP contribution in [-0.4, -0.2) is 63.0 Å². The van der Waals surface area contributed by atoms with Gasteiger partial charge in [-0.2, -0.15) is 5.10 Å². The summed E-state index contributed by atoms with van der Waals surface area (Å²) < 4.78 is 1.65. The zero-order chi connectivity index (χ0) is 24.0. The second kappa shape index (κ2) is 11.1. The number of hydrogen-bond donors (Lipinski definition) is 1. The minimum absolute atomic E-state index is 0.0559. The van der Waals surface area contributed by atoms with Gasteiger partial charge in [0.1, 0.15) is 5.69 Å². The summed E-state index contributed by atoms with van der Waals surface area (Å²) in [7, 11) is 0. The predicted octanol–water partition coefficient (Wildman–Crippen LogP) is 2.94. The molecule has 1 aliphatic rings. The molecule has 0 saturated heterocycles. The van der Waals surface area contributed by atoms with Crippen LogP contribution >= 0.6 is 0 Å². The standard InChI is InChI=1S/C25H35N5O3/c1-18(2)16-29(14-11-23(31)26-19(3)4)24(32)21-15-22-25(33)28(12-8-13-30(22)27-21)17-20-9-6-5-7-10-20/h5-7,9-10,15,18-19H,8,11-14,16-17H2,1-4H3,(H,26,31). The maximum atomic E-state index is 13.3. The molecule has 33 heavy (non-hydrogen) atoms. The Bertz CT molecular complexity index is 968. The van der Waals surface area contributed by atoms with Gasteiger partial charge in [-0.15, -0.1) is 0 Å². The van der Waals surface area contributed by atoms with Crippen molar-refractivity contribution in [2.24, 2.45) is 5.92 Å². The monoisotopic (exact) mass is 453 g/mol. The van der Waals surface area contributed by atoms with E-state index >= 15 is 0 Å². The number of nitrogens with zero attached hydrogens (tertiary/aromatic N) is 4. The van der Waals surface area contributed by atoms with Crippen LogP contribution in [0.2, 0.25) is 0 Å². The Morgan fingerprint density at radius 2 is 1.85 bits per heavy atom. The van der Waals surface area contributed by atoms with Crippen molar-refractivity contribution >= 4 is 17.7 Å². The molecule has 178 valence electrons. The number of amides is 3. The number of benzene rings is 1. The first-order chi connectivity index (χ1) is 15.7. The van der Waals surface area contributed by atoms with E-state index in [1.165, 1.54) is 0 Å². The third-order valence-corrected chi connectivity index (χ3v) is 5.45. The molecule has 0 radical (unpaired) electrons. The van der Waals surface area contributed by atoms with Gasteiger partial charge in [0.2, 0.25) is 5.91 Å². The van der Waals surface area contributed by atoms with Crippen molar-refractivity contribution < 1.29 is 14.4 Å². The lowest BCUT2D eigenvalue weighted by Gasteiger charge is -2.24. The molecule has 1 aromatic carbocycles. The van der Waals surface area contributed by atoms with E-state index in [0.717, 1.165) is 12.0 Å². The molecule has 0 unspecified atom stereocenters. The van der Waals surface area contributed by atoms with Crippen molar-refractivity contribution in [1.29, 1.82) is 0 Å². The normalized spacial score (nSPS) is 13.8. The first-order valence-electron chi connectivity index (χ1n) is 11.7. The minimum atomic E-state index is -0.246. The average molecular weight is 454 g/mol. The molecule has 3 amide bonds. The molecule has 1 N–H and O–H groups in total. The van der Waals surface area contributed by atoms with Gasteiger partial charge < -0.3 is 15.1 Å². The molecule has 2 heterocycles. The van der Waals surface area contributed by atoms with Gasteiger partial charge in [-0.3, -0.25) is 19.1 Å². The SMILES string of the molecule is CC(C)CN(CCC(=O)NC(C)C)C(=O)c1cc2n(n1)CCCN(Cc1ccccc1)C2=O. The number of rotatable bonds is 9. The highest BCUT2D eigenvalue weighted by molar-refractivity contribution is 5.98. The lowest BCUT2D eigenvalue weighted by molar-refractivity contribution is -0.121. The quantitative estimate of drug-likeness (QED) is 0.632. The number of fused-ring (bicyclic) bond motifs is 1. The van der Waals surface area contributed by atoms with Gasteiger partial charge in [0.25, 0.3) is 11.8 Å². The van der Waals surface area contributed by atoms with Gasteiger partial charge in [-0.25, -0.2) is 0 Å². The molecule has 0 saturated carbocycles. The van der Waals surface area contributed by atoms with E-state index in [1.54, 1.807) is 15.6 Å². The summed E-state index contributed by atoms with van der Waals surface area (Å²) in [5.41, 5.74) is 1.76. The van der Waals surface area contributed by atoms with Crippen LogP contribution in [0.3, 0.4) is 0 Å². The van der Waals surface area contributed by atoms with E-state index in [2.05, 4.69) is 10.4 Å². The molecule has 8 nitrogen and oxygen atoms in total. The van der Waals surface area contributed by atoms with Gasteiger partial charge in [0, 0.05) is 51.3 Å². The fourth-order valence-electron chi connectivity index (χ4n) is 4.00. The maximum absolute atomic E-state index is 13.3. The van der Waals surface area contributed by atoms with E-state index < -0.39 is 0 Å². The Kier molecular flexibility index (Phi) is 8.25. The summed E-state index contributed by atoms with van der Waals surface area (Å²) >= 11 is 0. The van der Waals surface area contributed by atoms with Crippen molar-refractivity contribution in [1.82, 2.24) is 24.9 Å². The first kappa shape index (κ1) is 24.5. The smallest absolute Gasteiger partial charge is 0.274 e. The molecule has 0 spiro atoms. The number of nitrogens with one attached hydrogen (secondary N) is 1. The number of carbonyl (C=O) groups is 3. The Hall–Kier alpha value is -3.16. The molecule has 2 aromatic rings. The second-order valence-corrected chi connectivity index (χ2v) is 9.32. The van der Waals surface area contributed by atoms with Crippen LogP contribution in [0.15, 0.2) is 36.4 Å². The summed E-state index contributed by atoms with van der Waals surface area (Å²) in [6, 6.07) is 11.5. The van der Waals surface area contributed by atoms with Gasteiger partial charge in [0.15, 0.2) is 5.69 Å². The fourth-order valence-corrected chi connectivity index (χ4v) is 4.00. The number of hydrogen-bond acceptors (Lipinski definition) is 4. The van der Waals surface area contributed by atoms with E-state index in [9.17, 15) is 14.4 Å². The van der Waals surface area contributed by atoms with Crippen LogP contribution in [0, 0.1) is 5.92 Å². The molecule has 3 rings (SSSR count). The topological polar surface area (TPSA) is 87.5 Å². The van der Waals surface area contributed by atoms with E-state index in [4.69, 9.17) is 0 Å². The predicted molar refractivity (Wildman–Crippen MR) is 127 cm³/mol. The number of aromatic nitrogens is 2. The molecular formula is C25H35N5O3. The zero-order valence-electron chi connectivity index (χ0n) is 20.1. The molecule has 1 aromatic heterocycles. The van der Waals surface area contributed by atoms with Crippen molar-refractivity contribution in [2.75, 3.05) is 19.6 Å². The summed E-state index contributed by atoms with van der Waals surface area (Å²) in [5.74, 6) is -0.205. The molecule has 8 heteroatoms. The van der Waals surface area contributed by atoms with E-state index in [-0.39, 0.29) is 41.8 Å². The Balaban J connectivity index is 1.75. The summed E-state index contributed by atoms with van der Waals surface area (Å²) in [5, 5.41) is 7.34. The van der Waals surface area contributed by atoms with Crippen LogP contribution in [0.5, 0.6) is 0 Å².